The second-order valence-electron chi connectivity index (χ2n) is 5.29. The maximum Gasteiger partial charge on any atom is 0.339 e. The van der Waals surface area contributed by atoms with Crippen LogP contribution >= 0.6 is 11.3 Å². The Hall–Kier alpha value is -2.40. The number of hydrogen-bond donors (Lipinski definition) is 1. The first-order chi connectivity index (χ1) is 10.5. The molecule has 0 unspecified atom stereocenters. The first-order valence-electron chi connectivity index (χ1n) is 6.93. The molecule has 0 amide bonds. The molecule has 1 aromatic carbocycles. The second kappa shape index (κ2) is 5.42. The highest BCUT2D eigenvalue weighted by molar-refractivity contribution is 7.13. The molecule has 4 nitrogen and oxygen atoms in total. The zero-order valence-corrected chi connectivity index (χ0v) is 13.4. The molecule has 0 radical (unpaired) electrons. The number of rotatable bonds is 3. The Morgan fingerprint density at radius 1 is 1.23 bits per heavy atom. The van der Waals surface area contributed by atoms with Gasteiger partial charge >= 0.3 is 5.97 Å². The van der Waals surface area contributed by atoms with Crippen molar-refractivity contribution in [3.63, 3.8) is 0 Å². The number of carbonyl (C=O) groups is 1. The van der Waals surface area contributed by atoms with Crippen LogP contribution in [-0.4, -0.2) is 20.9 Å². The van der Waals surface area contributed by atoms with Crippen LogP contribution in [0.4, 0.5) is 0 Å². The highest BCUT2D eigenvalue weighted by Crippen LogP contribution is 2.33. The molecule has 2 heterocycles. The number of hydrogen-bond acceptors (Lipinski definition) is 3. The van der Waals surface area contributed by atoms with Crippen molar-refractivity contribution < 1.29 is 9.90 Å². The Morgan fingerprint density at radius 3 is 2.64 bits per heavy atom. The van der Waals surface area contributed by atoms with E-state index in [2.05, 4.69) is 5.10 Å². The summed E-state index contributed by atoms with van der Waals surface area (Å²) in [4.78, 5) is 12.6. The molecule has 0 spiro atoms. The minimum Gasteiger partial charge on any atom is -0.478 e. The van der Waals surface area contributed by atoms with Gasteiger partial charge < -0.3 is 5.11 Å². The topological polar surface area (TPSA) is 55.1 Å². The predicted molar refractivity (Wildman–Crippen MR) is 88.0 cm³/mol. The summed E-state index contributed by atoms with van der Waals surface area (Å²) in [5.41, 5.74) is 4.53. The van der Waals surface area contributed by atoms with Gasteiger partial charge in [-0.2, -0.15) is 5.10 Å². The fourth-order valence-corrected chi connectivity index (χ4v) is 3.31. The average molecular weight is 312 g/mol. The number of aromatic nitrogens is 2. The molecule has 0 saturated heterocycles. The van der Waals surface area contributed by atoms with Crippen molar-refractivity contribution in [2.75, 3.05) is 0 Å². The van der Waals surface area contributed by atoms with Crippen molar-refractivity contribution in [2.24, 2.45) is 0 Å². The molecule has 5 heteroatoms. The Kier molecular flexibility index (Phi) is 3.58. The number of aryl methyl sites for hydroxylation is 3. The molecule has 0 aliphatic rings. The largest absolute Gasteiger partial charge is 0.478 e. The molecule has 3 aromatic rings. The van der Waals surface area contributed by atoms with Gasteiger partial charge in [-0.1, -0.05) is 18.2 Å². The molecule has 0 bridgehead atoms. The Morgan fingerprint density at radius 2 is 2.00 bits per heavy atom. The third-order valence-corrected chi connectivity index (χ3v) is 4.50. The summed E-state index contributed by atoms with van der Waals surface area (Å²) in [6.07, 6.45) is 0. The molecular weight excluding hydrogens is 296 g/mol. The van der Waals surface area contributed by atoms with Crippen molar-refractivity contribution in [3.8, 4) is 16.3 Å². The summed E-state index contributed by atoms with van der Waals surface area (Å²) in [5.74, 6) is -0.947. The molecular formula is C17H16N2O2S. The highest BCUT2D eigenvalue weighted by Gasteiger charge is 2.24. The summed E-state index contributed by atoms with van der Waals surface area (Å²) < 4.78 is 1.76. The SMILES string of the molecule is Cc1ccc(C)c(-n2nc(C)c(C(=O)O)c2-c2cccs2)c1. The van der Waals surface area contributed by atoms with Crippen molar-refractivity contribution in [3.05, 3.63) is 58.1 Å². The highest BCUT2D eigenvalue weighted by atomic mass is 32.1. The number of nitrogens with zero attached hydrogens (tertiary/aromatic N) is 2. The molecule has 0 fully saturated rings. The standard InChI is InChI=1S/C17H16N2O2S/c1-10-6-7-11(2)13(9-10)19-16(14-5-4-8-22-14)15(17(20)21)12(3)18-19/h4-9H,1-3H3,(H,20,21). The average Bonchev–Trinajstić information content (AvgIpc) is 3.08. The Bertz CT molecular complexity index is 848. The van der Waals surface area contributed by atoms with Gasteiger partial charge in [-0.25, -0.2) is 9.48 Å². The number of carboxylic acid groups (broad SMARTS) is 1. The third kappa shape index (κ3) is 2.33. The van der Waals surface area contributed by atoms with Crippen molar-refractivity contribution in [2.45, 2.75) is 20.8 Å². The lowest BCUT2D eigenvalue weighted by Gasteiger charge is -2.11. The lowest BCUT2D eigenvalue weighted by molar-refractivity contribution is 0.0697. The zero-order chi connectivity index (χ0) is 15.9. The smallest absolute Gasteiger partial charge is 0.339 e. The van der Waals surface area contributed by atoms with Crippen LogP contribution in [0.15, 0.2) is 35.7 Å². The van der Waals surface area contributed by atoms with E-state index in [9.17, 15) is 9.90 Å². The molecule has 3 rings (SSSR count). The van der Waals surface area contributed by atoms with Crippen LogP contribution in [-0.2, 0) is 0 Å². The second-order valence-corrected chi connectivity index (χ2v) is 6.24. The van der Waals surface area contributed by atoms with Crippen LogP contribution < -0.4 is 0 Å². The van der Waals surface area contributed by atoms with E-state index in [0.717, 1.165) is 21.7 Å². The Labute approximate surface area is 132 Å². The van der Waals surface area contributed by atoms with Gasteiger partial charge in [-0.3, -0.25) is 0 Å². The number of thiophene rings is 1. The summed E-state index contributed by atoms with van der Waals surface area (Å²) in [6, 6.07) is 9.94. The van der Waals surface area contributed by atoms with Crippen LogP contribution in [0.1, 0.15) is 27.2 Å². The lowest BCUT2D eigenvalue weighted by atomic mass is 10.1. The normalized spacial score (nSPS) is 10.9. The van der Waals surface area contributed by atoms with Gasteiger partial charge in [-0.15, -0.1) is 11.3 Å². The minimum absolute atomic E-state index is 0.267. The van der Waals surface area contributed by atoms with E-state index in [0.29, 0.717) is 11.4 Å². The Balaban J connectivity index is 2.35. The molecule has 0 saturated carbocycles. The van der Waals surface area contributed by atoms with Gasteiger partial charge in [-0.05, 0) is 49.4 Å². The van der Waals surface area contributed by atoms with Crippen LogP contribution in [0.25, 0.3) is 16.3 Å². The molecule has 22 heavy (non-hydrogen) atoms. The van der Waals surface area contributed by atoms with Gasteiger partial charge in [0.1, 0.15) is 5.56 Å². The van der Waals surface area contributed by atoms with Crippen LogP contribution in [0.3, 0.4) is 0 Å². The molecule has 0 aliphatic carbocycles. The van der Waals surface area contributed by atoms with Crippen molar-refractivity contribution >= 4 is 17.3 Å². The minimum atomic E-state index is -0.947. The predicted octanol–water partition coefficient (Wildman–Crippen LogP) is 4.22. The van der Waals surface area contributed by atoms with Crippen LogP contribution in [0, 0.1) is 20.8 Å². The van der Waals surface area contributed by atoms with Gasteiger partial charge in [0, 0.05) is 0 Å². The monoisotopic (exact) mass is 312 g/mol. The molecule has 112 valence electrons. The first-order valence-corrected chi connectivity index (χ1v) is 7.81. The summed E-state index contributed by atoms with van der Waals surface area (Å²) in [6.45, 7) is 5.76. The van der Waals surface area contributed by atoms with E-state index < -0.39 is 5.97 Å². The van der Waals surface area contributed by atoms with Crippen LogP contribution in [0.5, 0.6) is 0 Å². The van der Waals surface area contributed by atoms with Crippen LogP contribution in [0.2, 0.25) is 0 Å². The van der Waals surface area contributed by atoms with E-state index in [-0.39, 0.29) is 5.56 Å². The number of aromatic carboxylic acids is 1. The quantitative estimate of drug-likeness (QED) is 0.787. The van der Waals surface area contributed by atoms with Crippen molar-refractivity contribution in [1.29, 1.82) is 0 Å². The first kappa shape index (κ1) is 14.5. The van der Waals surface area contributed by atoms with Gasteiger partial charge in [0.2, 0.25) is 0 Å². The van der Waals surface area contributed by atoms with E-state index in [1.165, 1.54) is 11.3 Å². The summed E-state index contributed by atoms with van der Waals surface area (Å²) >= 11 is 1.52. The van der Waals surface area contributed by atoms with Gasteiger partial charge in [0.15, 0.2) is 0 Å². The maximum atomic E-state index is 11.7. The molecule has 1 N–H and O–H groups in total. The molecule has 0 aliphatic heterocycles. The number of carboxylic acids is 1. The van der Waals surface area contributed by atoms with Gasteiger partial charge in [0.05, 0.1) is 22.0 Å². The fraction of sp³-hybridized carbons (Fsp3) is 0.176. The summed E-state index contributed by atoms with van der Waals surface area (Å²) in [7, 11) is 0. The molecule has 0 atom stereocenters. The third-order valence-electron chi connectivity index (χ3n) is 3.62. The van der Waals surface area contributed by atoms with E-state index in [4.69, 9.17) is 0 Å². The van der Waals surface area contributed by atoms with E-state index in [1.807, 2.05) is 49.6 Å². The van der Waals surface area contributed by atoms with E-state index in [1.54, 1.807) is 11.6 Å². The maximum absolute atomic E-state index is 11.7. The van der Waals surface area contributed by atoms with E-state index >= 15 is 0 Å². The zero-order valence-electron chi connectivity index (χ0n) is 12.6. The van der Waals surface area contributed by atoms with Gasteiger partial charge in [0.25, 0.3) is 0 Å². The number of benzene rings is 1. The molecule has 2 aromatic heterocycles. The van der Waals surface area contributed by atoms with Crippen molar-refractivity contribution in [1.82, 2.24) is 9.78 Å². The fourth-order valence-electron chi connectivity index (χ4n) is 2.55. The lowest BCUT2D eigenvalue weighted by Crippen LogP contribution is -2.04. The summed E-state index contributed by atoms with van der Waals surface area (Å²) in [5, 5.41) is 16.0.